The van der Waals surface area contributed by atoms with Crippen molar-refractivity contribution in [3.8, 4) is 0 Å². The van der Waals surface area contributed by atoms with Crippen LogP contribution in [0.15, 0.2) is 0 Å². The predicted octanol–water partition coefficient (Wildman–Crippen LogP) is -0.202. The normalized spacial score (nSPS) is 18.4. The molecule has 0 radical (unpaired) electrons. The molecule has 5 heteroatoms. The fraction of sp³-hybridized carbons (Fsp3) is 0.778. The molecule has 0 aliphatic carbocycles. The lowest BCUT2D eigenvalue weighted by atomic mass is 10.3. The molecule has 0 unspecified atom stereocenters. The van der Waals surface area contributed by atoms with E-state index in [0.717, 1.165) is 6.42 Å². The highest BCUT2D eigenvalue weighted by Crippen LogP contribution is 2.00. The molecule has 14 heavy (non-hydrogen) atoms. The van der Waals surface area contributed by atoms with Crippen molar-refractivity contribution < 1.29 is 19.1 Å². The molecule has 1 saturated heterocycles. The van der Waals surface area contributed by atoms with Gasteiger partial charge < -0.3 is 9.47 Å². The van der Waals surface area contributed by atoms with Gasteiger partial charge in [0.25, 0.3) is 0 Å². The van der Waals surface area contributed by atoms with Crippen LogP contribution >= 0.6 is 0 Å². The molecule has 0 bridgehead atoms. The summed E-state index contributed by atoms with van der Waals surface area (Å²) in [6, 6.07) is 0. The zero-order chi connectivity index (χ0) is 10.4. The number of ether oxygens (including phenoxy) is 2. The Morgan fingerprint density at radius 2 is 2.00 bits per heavy atom. The first-order valence-electron chi connectivity index (χ1n) is 4.76. The number of esters is 2. The standard InChI is InChI=1S/C9H15NO4/c1-2-13-5-3-4-10-6-8(11)14-9(12)7-10/h2-7H2,1H3. The summed E-state index contributed by atoms with van der Waals surface area (Å²) < 4.78 is 9.54. The zero-order valence-electron chi connectivity index (χ0n) is 8.32. The van der Waals surface area contributed by atoms with E-state index >= 15 is 0 Å². The molecular weight excluding hydrogens is 186 g/mol. The minimum absolute atomic E-state index is 0.206. The molecule has 0 spiro atoms. The van der Waals surface area contributed by atoms with Crippen molar-refractivity contribution in [2.24, 2.45) is 0 Å². The summed E-state index contributed by atoms with van der Waals surface area (Å²) in [7, 11) is 0. The van der Waals surface area contributed by atoms with Gasteiger partial charge in [-0.3, -0.25) is 14.5 Å². The van der Waals surface area contributed by atoms with E-state index < -0.39 is 11.9 Å². The lowest BCUT2D eigenvalue weighted by molar-refractivity contribution is -0.166. The van der Waals surface area contributed by atoms with Gasteiger partial charge in [-0.1, -0.05) is 0 Å². The second kappa shape index (κ2) is 5.72. The molecule has 1 aliphatic heterocycles. The van der Waals surface area contributed by atoms with Gasteiger partial charge in [-0.2, -0.15) is 0 Å². The molecule has 0 saturated carbocycles. The van der Waals surface area contributed by atoms with Crippen molar-refractivity contribution in [2.75, 3.05) is 32.8 Å². The van der Waals surface area contributed by atoms with Crippen LogP contribution in [0.3, 0.4) is 0 Å². The third-order valence-electron chi connectivity index (χ3n) is 1.90. The first kappa shape index (κ1) is 11.1. The van der Waals surface area contributed by atoms with Crippen LogP contribution in [0, 0.1) is 0 Å². The largest absolute Gasteiger partial charge is 0.391 e. The quantitative estimate of drug-likeness (QED) is 0.350. The van der Waals surface area contributed by atoms with Crippen LogP contribution in [0.4, 0.5) is 0 Å². The van der Waals surface area contributed by atoms with Crippen molar-refractivity contribution in [1.29, 1.82) is 0 Å². The maximum atomic E-state index is 10.9. The van der Waals surface area contributed by atoms with Crippen molar-refractivity contribution in [2.45, 2.75) is 13.3 Å². The van der Waals surface area contributed by atoms with Crippen molar-refractivity contribution >= 4 is 11.9 Å². The van der Waals surface area contributed by atoms with E-state index in [9.17, 15) is 9.59 Å². The highest BCUT2D eigenvalue weighted by Gasteiger charge is 2.23. The number of hydrogen-bond donors (Lipinski definition) is 0. The molecule has 1 aliphatic rings. The number of cyclic esters (lactones) is 2. The van der Waals surface area contributed by atoms with Gasteiger partial charge in [0.2, 0.25) is 0 Å². The van der Waals surface area contributed by atoms with Crippen molar-refractivity contribution in [1.82, 2.24) is 4.90 Å². The Labute approximate surface area is 83.0 Å². The van der Waals surface area contributed by atoms with Gasteiger partial charge >= 0.3 is 11.9 Å². The molecule has 1 fully saturated rings. The van der Waals surface area contributed by atoms with Gasteiger partial charge in [-0.05, 0) is 13.3 Å². The first-order chi connectivity index (χ1) is 6.72. The van der Waals surface area contributed by atoms with Crippen LogP contribution in [0.2, 0.25) is 0 Å². The summed E-state index contributed by atoms with van der Waals surface area (Å²) in [5.74, 6) is -0.921. The molecule has 5 nitrogen and oxygen atoms in total. The molecule has 0 aromatic carbocycles. The minimum atomic E-state index is -0.461. The lowest BCUT2D eigenvalue weighted by Crippen LogP contribution is -2.43. The number of rotatable bonds is 5. The SMILES string of the molecule is CCOCCCN1CC(=O)OC(=O)C1. The fourth-order valence-corrected chi connectivity index (χ4v) is 1.31. The molecule has 0 aromatic rings. The highest BCUT2D eigenvalue weighted by molar-refractivity contribution is 5.90. The zero-order valence-corrected chi connectivity index (χ0v) is 8.32. The van der Waals surface area contributed by atoms with E-state index in [0.29, 0.717) is 19.8 Å². The summed E-state index contributed by atoms with van der Waals surface area (Å²) in [6.07, 6.45) is 0.828. The van der Waals surface area contributed by atoms with E-state index in [4.69, 9.17) is 4.74 Å². The summed E-state index contributed by atoms with van der Waals surface area (Å²) >= 11 is 0. The highest BCUT2D eigenvalue weighted by atomic mass is 16.6. The van der Waals surface area contributed by atoms with Gasteiger partial charge in [0.15, 0.2) is 0 Å². The molecule has 0 aromatic heterocycles. The van der Waals surface area contributed by atoms with Crippen LogP contribution in [0.25, 0.3) is 0 Å². The molecule has 0 N–H and O–H groups in total. The first-order valence-corrected chi connectivity index (χ1v) is 4.76. The number of carbonyl (C=O) groups is 2. The second-order valence-corrected chi connectivity index (χ2v) is 3.11. The van der Waals surface area contributed by atoms with Crippen molar-refractivity contribution in [3.63, 3.8) is 0 Å². The van der Waals surface area contributed by atoms with E-state index in [2.05, 4.69) is 4.74 Å². The van der Waals surface area contributed by atoms with E-state index in [1.54, 1.807) is 4.90 Å². The Bertz CT molecular complexity index is 201. The number of morpholine rings is 1. The van der Waals surface area contributed by atoms with Crippen LogP contribution < -0.4 is 0 Å². The summed E-state index contributed by atoms with van der Waals surface area (Å²) in [6.45, 7) is 4.40. The van der Waals surface area contributed by atoms with Gasteiger partial charge in [0.05, 0.1) is 13.1 Å². The Balaban J connectivity index is 2.17. The summed E-state index contributed by atoms with van der Waals surface area (Å²) in [5, 5.41) is 0. The maximum absolute atomic E-state index is 10.9. The predicted molar refractivity (Wildman–Crippen MR) is 48.6 cm³/mol. The Kier molecular flexibility index (Phi) is 4.55. The smallest absolute Gasteiger partial charge is 0.327 e. The van der Waals surface area contributed by atoms with E-state index in [1.807, 2.05) is 6.92 Å². The molecule has 0 amide bonds. The minimum Gasteiger partial charge on any atom is -0.391 e. The Morgan fingerprint density at radius 3 is 2.57 bits per heavy atom. The van der Waals surface area contributed by atoms with Crippen LogP contribution in [-0.4, -0.2) is 49.7 Å². The van der Waals surface area contributed by atoms with Gasteiger partial charge in [-0.25, -0.2) is 0 Å². The molecular formula is C9H15NO4. The topological polar surface area (TPSA) is 55.8 Å². The van der Waals surface area contributed by atoms with Crippen LogP contribution in [0.5, 0.6) is 0 Å². The summed E-state index contributed by atoms with van der Waals surface area (Å²) in [5.41, 5.74) is 0. The average molecular weight is 201 g/mol. The van der Waals surface area contributed by atoms with Gasteiger partial charge in [-0.15, -0.1) is 0 Å². The van der Waals surface area contributed by atoms with Crippen LogP contribution in [0.1, 0.15) is 13.3 Å². The molecule has 80 valence electrons. The maximum Gasteiger partial charge on any atom is 0.327 e. The molecule has 1 heterocycles. The Hall–Kier alpha value is -0.940. The lowest BCUT2D eigenvalue weighted by Gasteiger charge is -2.23. The van der Waals surface area contributed by atoms with Crippen molar-refractivity contribution in [3.05, 3.63) is 0 Å². The van der Waals surface area contributed by atoms with E-state index in [-0.39, 0.29) is 13.1 Å². The Morgan fingerprint density at radius 1 is 1.36 bits per heavy atom. The second-order valence-electron chi connectivity index (χ2n) is 3.11. The number of nitrogens with zero attached hydrogens (tertiary/aromatic N) is 1. The number of hydrogen-bond acceptors (Lipinski definition) is 5. The average Bonchev–Trinajstić information content (AvgIpc) is 2.11. The molecule has 1 rings (SSSR count). The third-order valence-corrected chi connectivity index (χ3v) is 1.90. The number of carbonyl (C=O) groups excluding carboxylic acids is 2. The summed E-state index contributed by atoms with van der Waals surface area (Å²) in [4.78, 5) is 23.5. The van der Waals surface area contributed by atoms with Gasteiger partial charge in [0.1, 0.15) is 0 Å². The monoisotopic (exact) mass is 201 g/mol. The molecule has 0 atom stereocenters. The van der Waals surface area contributed by atoms with Gasteiger partial charge in [0, 0.05) is 19.8 Å². The third kappa shape index (κ3) is 3.85. The van der Waals surface area contributed by atoms with Crippen LogP contribution in [-0.2, 0) is 19.1 Å². The van der Waals surface area contributed by atoms with E-state index in [1.165, 1.54) is 0 Å². The fourth-order valence-electron chi connectivity index (χ4n) is 1.31.